The summed E-state index contributed by atoms with van der Waals surface area (Å²) >= 11 is 3.37. The largest absolute Gasteiger partial charge is 0.325 e. The van der Waals surface area contributed by atoms with Gasteiger partial charge in [0.15, 0.2) is 5.78 Å². The third kappa shape index (κ3) is 3.24. The topological polar surface area (TPSA) is 56.0 Å². The van der Waals surface area contributed by atoms with E-state index in [0.717, 1.165) is 15.7 Å². The van der Waals surface area contributed by atoms with Crippen LogP contribution in [0.15, 0.2) is 47.1 Å². The zero-order valence-electron chi connectivity index (χ0n) is 9.77. The van der Waals surface area contributed by atoms with E-state index in [9.17, 15) is 4.79 Å². The van der Waals surface area contributed by atoms with Gasteiger partial charge in [0, 0.05) is 29.2 Å². The van der Waals surface area contributed by atoms with Crippen molar-refractivity contribution in [2.75, 3.05) is 0 Å². The van der Waals surface area contributed by atoms with Crippen LogP contribution in [0.2, 0.25) is 0 Å². The number of hydrogen-bond acceptors (Lipinski definition) is 3. The van der Waals surface area contributed by atoms with Crippen molar-refractivity contribution >= 4 is 21.7 Å². The number of halogens is 1. The van der Waals surface area contributed by atoms with Crippen molar-refractivity contribution < 1.29 is 4.79 Å². The number of nitrogens with two attached hydrogens (primary N) is 1. The van der Waals surface area contributed by atoms with Crippen LogP contribution in [0.5, 0.6) is 0 Å². The average Bonchev–Trinajstić information content (AvgIpc) is 2.41. The van der Waals surface area contributed by atoms with E-state index in [1.165, 1.54) is 0 Å². The molecular formula is C14H13BrN2O. The monoisotopic (exact) mass is 304 g/mol. The van der Waals surface area contributed by atoms with Crippen LogP contribution in [0.3, 0.4) is 0 Å². The molecule has 0 aliphatic rings. The van der Waals surface area contributed by atoms with Crippen molar-refractivity contribution in [1.29, 1.82) is 0 Å². The Labute approximate surface area is 114 Å². The third-order valence-corrected chi connectivity index (χ3v) is 3.15. The average molecular weight is 305 g/mol. The first-order chi connectivity index (χ1) is 8.69. The summed E-state index contributed by atoms with van der Waals surface area (Å²) in [7, 11) is 0. The van der Waals surface area contributed by atoms with Crippen molar-refractivity contribution in [3.05, 3.63) is 63.9 Å². The highest BCUT2D eigenvalue weighted by atomic mass is 79.9. The first-order valence-corrected chi connectivity index (χ1v) is 6.41. The Morgan fingerprint density at radius 3 is 2.61 bits per heavy atom. The minimum absolute atomic E-state index is 0.0782. The molecule has 0 radical (unpaired) electrons. The van der Waals surface area contributed by atoms with Crippen molar-refractivity contribution in [1.82, 2.24) is 4.98 Å². The summed E-state index contributed by atoms with van der Waals surface area (Å²) in [6.45, 7) is 0.347. The molecule has 0 bridgehead atoms. The standard InChI is InChI=1S/C14H13BrN2O/c15-12-3-1-10(2-4-12)7-14(18)11-5-6-17-13(8-11)9-16/h1-6,8H,7,9,16H2. The summed E-state index contributed by atoms with van der Waals surface area (Å²) in [5.41, 5.74) is 7.90. The molecule has 2 N–H and O–H groups in total. The molecule has 3 nitrogen and oxygen atoms in total. The molecule has 1 heterocycles. The zero-order chi connectivity index (χ0) is 13.0. The number of nitrogens with zero attached hydrogens (tertiary/aromatic N) is 1. The number of hydrogen-bond donors (Lipinski definition) is 1. The highest BCUT2D eigenvalue weighted by Gasteiger charge is 2.07. The molecule has 0 saturated carbocycles. The van der Waals surface area contributed by atoms with E-state index in [1.54, 1.807) is 18.3 Å². The van der Waals surface area contributed by atoms with Crippen LogP contribution in [-0.4, -0.2) is 10.8 Å². The molecular weight excluding hydrogens is 292 g/mol. The van der Waals surface area contributed by atoms with E-state index in [4.69, 9.17) is 5.73 Å². The molecule has 0 atom stereocenters. The Kier molecular flexibility index (Phi) is 4.23. The van der Waals surface area contributed by atoms with Crippen molar-refractivity contribution in [2.45, 2.75) is 13.0 Å². The normalized spacial score (nSPS) is 10.3. The fourth-order valence-electron chi connectivity index (χ4n) is 1.65. The van der Waals surface area contributed by atoms with Gasteiger partial charge in [0.2, 0.25) is 0 Å². The lowest BCUT2D eigenvalue weighted by molar-refractivity contribution is 0.0993. The lowest BCUT2D eigenvalue weighted by Gasteiger charge is -2.03. The maximum absolute atomic E-state index is 12.1. The smallest absolute Gasteiger partial charge is 0.167 e. The second-order valence-electron chi connectivity index (χ2n) is 3.97. The molecule has 2 aromatic rings. The molecule has 4 heteroatoms. The highest BCUT2D eigenvalue weighted by Crippen LogP contribution is 2.13. The molecule has 18 heavy (non-hydrogen) atoms. The zero-order valence-corrected chi connectivity index (χ0v) is 11.4. The maximum Gasteiger partial charge on any atom is 0.167 e. The SMILES string of the molecule is NCc1cc(C(=O)Cc2ccc(Br)cc2)ccn1. The van der Waals surface area contributed by atoms with Gasteiger partial charge < -0.3 is 5.73 Å². The predicted octanol–water partition coefficient (Wildman–Crippen LogP) is 2.73. The molecule has 2 rings (SSSR count). The maximum atomic E-state index is 12.1. The van der Waals surface area contributed by atoms with Crippen LogP contribution in [-0.2, 0) is 13.0 Å². The third-order valence-electron chi connectivity index (χ3n) is 2.63. The minimum Gasteiger partial charge on any atom is -0.325 e. The molecule has 0 spiro atoms. The lowest BCUT2D eigenvalue weighted by Crippen LogP contribution is -2.06. The van der Waals surface area contributed by atoms with Crippen LogP contribution in [0, 0.1) is 0 Å². The molecule has 0 fully saturated rings. The van der Waals surface area contributed by atoms with Gasteiger partial charge in [0.25, 0.3) is 0 Å². The van der Waals surface area contributed by atoms with E-state index < -0.39 is 0 Å². The van der Waals surface area contributed by atoms with Gasteiger partial charge in [0.05, 0.1) is 5.69 Å². The quantitative estimate of drug-likeness (QED) is 0.884. The molecule has 92 valence electrons. The first-order valence-electron chi connectivity index (χ1n) is 5.61. The number of pyridine rings is 1. The Morgan fingerprint density at radius 1 is 1.22 bits per heavy atom. The van der Waals surface area contributed by atoms with Gasteiger partial charge >= 0.3 is 0 Å². The summed E-state index contributed by atoms with van der Waals surface area (Å²) in [5, 5.41) is 0. The summed E-state index contributed by atoms with van der Waals surface area (Å²) < 4.78 is 1.01. The lowest BCUT2D eigenvalue weighted by atomic mass is 10.0. The van der Waals surface area contributed by atoms with E-state index in [1.807, 2.05) is 24.3 Å². The summed E-state index contributed by atoms with van der Waals surface area (Å²) in [6, 6.07) is 11.2. The molecule has 0 unspecified atom stereocenters. The number of carbonyl (C=O) groups is 1. The van der Waals surface area contributed by atoms with Gasteiger partial charge in [0.1, 0.15) is 0 Å². The van der Waals surface area contributed by atoms with E-state index >= 15 is 0 Å². The molecule has 1 aromatic carbocycles. The number of ketones is 1. The number of aromatic nitrogens is 1. The second kappa shape index (κ2) is 5.89. The van der Waals surface area contributed by atoms with E-state index in [0.29, 0.717) is 18.5 Å². The van der Waals surface area contributed by atoms with Crippen LogP contribution in [0.25, 0.3) is 0 Å². The van der Waals surface area contributed by atoms with Gasteiger partial charge in [-0.15, -0.1) is 0 Å². The Hall–Kier alpha value is -1.52. The molecule has 0 aliphatic heterocycles. The van der Waals surface area contributed by atoms with Gasteiger partial charge in [-0.1, -0.05) is 28.1 Å². The van der Waals surface area contributed by atoms with Gasteiger partial charge in [-0.2, -0.15) is 0 Å². The minimum atomic E-state index is 0.0782. The molecule has 0 aliphatic carbocycles. The number of Topliss-reactive ketones (excluding diaryl/α,β-unsaturated/α-hetero) is 1. The fourth-order valence-corrected chi connectivity index (χ4v) is 1.92. The summed E-state index contributed by atoms with van der Waals surface area (Å²) in [4.78, 5) is 16.2. The number of benzene rings is 1. The van der Waals surface area contributed by atoms with Crippen LogP contribution in [0.4, 0.5) is 0 Å². The number of rotatable bonds is 4. The van der Waals surface area contributed by atoms with Gasteiger partial charge in [-0.25, -0.2) is 0 Å². The molecule has 0 amide bonds. The first kappa shape index (κ1) is 12.9. The summed E-state index contributed by atoms with van der Waals surface area (Å²) in [5.74, 6) is 0.0782. The van der Waals surface area contributed by atoms with Gasteiger partial charge in [-0.3, -0.25) is 9.78 Å². The molecule has 1 aromatic heterocycles. The fraction of sp³-hybridized carbons (Fsp3) is 0.143. The van der Waals surface area contributed by atoms with Crippen LogP contribution >= 0.6 is 15.9 Å². The van der Waals surface area contributed by atoms with Crippen molar-refractivity contribution in [2.24, 2.45) is 5.73 Å². The Bertz CT molecular complexity index is 552. The van der Waals surface area contributed by atoms with E-state index in [-0.39, 0.29) is 5.78 Å². The second-order valence-corrected chi connectivity index (χ2v) is 4.88. The number of carbonyl (C=O) groups excluding carboxylic acids is 1. The van der Waals surface area contributed by atoms with Gasteiger partial charge in [-0.05, 0) is 29.8 Å². The highest BCUT2D eigenvalue weighted by molar-refractivity contribution is 9.10. The predicted molar refractivity (Wildman–Crippen MR) is 74.3 cm³/mol. The molecule has 0 saturated heterocycles. The Morgan fingerprint density at radius 2 is 1.94 bits per heavy atom. The van der Waals surface area contributed by atoms with Crippen molar-refractivity contribution in [3.63, 3.8) is 0 Å². The van der Waals surface area contributed by atoms with Crippen LogP contribution in [0.1, 0.15) is 21.6 Å². The van der Waals surface area contributed by atoms with Crippen molar-refractivity contribution in [3.8, 4) is 0 Å². The summed E-state index contributed by atoms with van der Waals surface area (Å²) in [6.07, 6.45) is 2.01. The van der Waals surface area contributed by atoms with Crippen LogP contribution < -0.4 is 5.73 Å². The van der Waals surface area contributed by atoms with E-state index in [2.05, 4.69) is 20.9 Å². The Balaban J connectivity index is 2.14.